The summed E-state index contributed by atoms with van der Waals surface area (Å²) in [6, 6.07) is -1.16. The highest BCUT2D eigenvalue weighted by Gasteiger charge is 2.76. The molecule has 3 fully saturated rings. The first kappa shape index (κ1) is 29.3. The van der Waals surface area contributed by atoms with E-state index in [0.717, 1.165) is 19.3 Å². The van der Waals surface area contributed by atoms with Crippen LogP contribution in [0.1, 0.15) is 88.0 Å². The van der Waals surface area contributed by atoms with E-state index in [9.17, 15) is 19.5 Å². The lowest BCUT2D eigenvalue weighted by molar-refractivity contribution is -0.143. The first-order valence-electron chi connectivity index (χ1n) is 13.8. The Balaban J connectivity index is 2.06. The monoisotopic (exact) mass is 523 g/mol. The second kappa shape index (κ2) is 10.5. The summed E-state index contributed by atoms with van der Waals surface area (Å²) in [5.74, 6) is -0.985. The molecule has 7 nitrogen and oxygen atoms in total. The second-order valence-corrected chi connectivity index (χ2v) is 15.2. The molecule has 3 aliphatic rings. The van der Waals surface area contributed by atoms with Gasteiger partial charge >= 0.3 is 0 Å². The summed E-state index contributed by atoms with van der Waals surface area (Å²) in [7, 11) is 0. The molecule has 3 unspecified atom stereocenters. The third kappa shape index (κ3) is 5.31. The van der Waals surface area contributed by atoms with Crippen LogP contribution in [-0.2, 0) is 14.4 Å². The van der Waals surface area contributed by atoms with Gasteiger partial charge in [-0.15, -0.1) is 11.8 Å². The van der Waals surface area contributed by atoms with Crippen LogP contribution in [0.25, 0.3) is 0 Å². The van der Waals surface area contributed by atoms with Crippen LogP contribution in [0.5, 0.6) is 0 Å². The topological polar surface area (TPSA) is 98.7 Å². The van der Waals surface area contributed by atoms with Crippen LogP contribution in [0.3, 0.4) is 0 Å². The molecular formula is C28H49N3O4S. The fraction of sp³-hybridized carbons (Fsp3) is 0.893. The van der Waals surface area contributed by atoms with Crippen LogP contribution in [0.4, 0.5) is 0 Å². The van der Waals surface area contributed by atoms with E-state index >= 15 is 0 Å². The van der Waals surface area contributed by atoms with Crippen molar-refractivity contribution in [3.05, 3.63) is 0 Å². The van der Waals surface area contributed by atoms with Crippen LogP contribution in [0.15, 0.2) is 0 Å². The Morgan fingerprint density at radius 1 is 1.19 bits per heavy atom. The number of carbonyl (C=O) groups excluding carboxylic acids is 3. The number of amides is 3. The lowest BCUT2D eigenvalue weighted by Gasteiger charge is -2.42. The van der Waals surface area contributed by atoms with Gasteiger partial charge in [0.1, 0.15) is 6.04 Å². The number of hydrogen-bond donors (Lipinski definition) is 3. The minimum absolute atomic E-state index is 0.0182. The number of hydrogen-bond acceptors (Lipinski definition) is 5. The quantitative estimate of drug-likeness (QED) is 0.407. The molecule has 3 amide bonds. The first-order valence-corrected chi connectivity index (χ1v) is 14.7. The minimum Gasteiger partial charge on any atom is -0.394 e. The van der Waals surface area contributed by atoms with E-state index in [4.69, 9.17) is 0 Å². The summed E-state index contributed by atoms with van der Waals surface area (Å²) >= 11 is 1.69. The van der Waals surface area contributed by atoms with Gasteiger partial charge in [-0.05, 0) is 56.8 Å². The van der Waals surface area contributed by atoms with Gasteiger partial charge < -0.3 is 20.6 Å². The van der Waals surface area contributed by atoms with Gasteiger partial charge in [0.05, 0.1) is 29.2 Å². The molecule has 0 saturated carbocycles. The molecule has 0 radical (unpaired) electrons. The van der Waals surface area contributed by atoms with Crippen molar-refractivity contribution in [1.29, 1.82) is 0 Å². The molecule has 0 aromatic rings. The van der Waals surface area contributed by atoms with Crippen molar-refractivity contribution in [1.82, 2.24) is 15.5 Å². The molecule has 3 aliphatic heterocycles. The first-order chi connectivity index (χ1) is 16.6. The Kier molecular flexibility index (Phi) is 8.52. The van der Waals surface area contributed by atoms with Gasteiger partial charge in [0, 0.05) is 17.3 Å². The predicted molar refractivity (Wildman–Crippen MR) is 145 cm³/mol. The number of aliphatic hydroxyl groups is 1. The highest BCUT2D eigenvalue weighted by molar-refractivity contribution is 8.02. The number of thioether (sulfide) groups is 1. The largest absolute Gasteiger partial charge is 0.394 e. The van der Waals surface area contributed by atoms with Gasteiger partial charge in [-0.1, -0.05) is 48.5 Å². The summed E-state index contributed by atoms with van der Waals surface area (Å²) in [6.45, 7) is 19.2. The zero-order valence-electron chi connectivity index (χ0n) is 23.8. The Labute approximate surface area is 222 Å². The molecule has 3 heterocycles. The molecular weight excluding hydrogens is 474 g/mol. The zero-order chi connectivity index (χ0) is 27.2. The number of aliphatic hydroxyl groups excluding tert-OH is 1. The van der Waals surface area contributed by atoms with Crippen LogP contribution in [0, 0.1) is 29.1 Å². The van der Waals surface area contributed by atoms with E-state index in [1.165, 1.54) is 0 Å². The molecule has 3 rings (SSSR count). The van der Waals surface area contributed by atoms with Gasteiger partial charge in [-0.2, -0.15) is 0 Å². The van der Waals surface area contributed by atoms with E-state index in [2.05, 4.69) is 52.2 Å². The van der Waals surface area contributed by atoms with Gasteiger partial charge in [0.15, 0.2) is 0 Å². The molecule has 8 heteroatoms. The summed E-state index contributed by atoms with van der Waals surface area (Å²) in [6.07, 6.45) is 3.04. The van der Waals surface area contributed by atoms with Crippen molar-refractivity contribution in [2.45, 2.75) is 116 Å². The van der Waals surface area contributed by atoms with Crippen LogP contribution >= 0.6 is 11.8 Å². The predicted octanol–water partition coefficient (Wildman–Crippen LogP) is 3.59. The number of carbonyl (C=O) groups is 3. The number of nitrogens with one attached hydrogen (secondary N) is 2. The van der Waals surface area contributed by atoms with Crippen LogP contribution < -0.4 is 10.6 Å². The normalized spacial score (nSPS) is 32.7. The van der Waals surface area contributed by atoms with E-state index in [1.54, 1.807) is 16.7 Å². The van der Waals surface area contributed by atoms with Crippen LogP contribution in [0.2, 0.25) is 0 Å². The summed E-state index contributed by atoms with van der Waals surface area (Å²) in [5.41, 5.74) is -0.446. The highest BCUT2D eigenvalue weighted by atomic mass is 32.2. The molecule has 2 bridgehead atoms. The minimum atomic E-state index is -0.709. The molecule has 0 aromatic carbocycles. The molecule has 206 valence electrons. The van der Waals surface area contributed by atoms with Crippen molar-refractivity contribution in [2.24, 2.45) is 29.1 Å². The summed E-state index contributed by atoms with van der Waals surface area (Å²) in [4.78, 5) is 43.5. The van der Waals surface area contributed by atoms with Crippen molar-refractivity contribution in [3.63, 3.8) is 0 Å². The van der Waals surface area contributed by atoms with E-state index in [0.29, 0.717) is 13.0 Å². The Bertz CT molecular complexity index is 854. The lowest BCUT2D eigenvalue weighted by Crippen LogP contribution is -2.61. The van der Waals surface area contributed by atoms with E-state index in [-0.39, 0.29) is 46.8 Å². The standard InChI is InChI=1S/C28H49N3O4S/c1-10-11-29-23(33)20-19-13-17(4)28(36-19)21(20)25(35)31(18(14-32)12-16(2)3)22(28)24(34)30-27(8,9)15-26(5,6)7/h16-22,32H,10-15H2,1-9H3,(H,29,33)(H,30,34)/t17?,18-,19+,20-,21+,22?,28?/m1/s1. The third-order valence-corrected chi connectivity index (χ3v) is 10.1. The van der Waals surface area contributed by atoms with Crippen molar-refractivity contribution >= 4 is 29.5 Å². The molecule has 7 atom stereocenters. The van der Waals surface area contributed by atoms with Crippen molar-refractivity contribution in [3.8, 4) is 0 Å². The lowest BCUT2D eigenvalue weighted by atomic mass is 9.65. The average molecular weight is 524 g/mol. The Morgan fingerprint density at radius 3 is 2.36 bits per heavy atom. The van der Waals surface area contributed by atoms with Gasteiger partial charge in [0.2, 0.25) is 17.7 Å². The second-order valence-electron chi connectivity index (χ2n) is 13.7. The third-order valence-electron chi connectivity index (χ3n) is 8.07. The molecule has 0 aromatic heterocycles. The maximum Gasteiger partial charge on any atom is 0.244 e. The summed E-state index contributed by atoms with van der Waals surface area (Å²) in [5, 5.41) is 16.8. The van der Waals surface area contributed by atoms with E-state index in [1.807, 2.05) is 20.8 Å². The van der Waals surface area contributed by atoms with Crippen LogP contribution in [-0.4, -0.2) is 68.5 Å². The molecule has 3 saturated heterocycles. The molecule has 1 spiro atoms. The van der Waals surface area contributed by atoms with E-state index < -0.39 is 34.2 Å². The number of likely N-dealkylation sites (tertiary alicyclic amines) is 1. The number of nitrogens with zero attached hydrogens (tertiary/aromatic N) is 1. The molecule has 0 aliphatic carbocycles. The maximum absolute atomic E-state index is 14.2. The fourth-order valence-corrected chi connectivity index (χ4v) is 9.82. The smallest absolute Gasteiger partial charge is 0.244 e. The summed E-state index contributed by atoms with van der Waals surface area (Å²) < 4.78 is -0.664. The SMILES string of the molecule is CCCNC(=O)[C@@H]1[C@@H]2CC(C)C3(S2)C(C(=O)NC(C)(C)CC(C)(C)C)N([C@@H](CO)CC(C)C)C(=O)[C@H]13. The number of rotatable bonds is 10. The average Bonchev–Trinajstić information content (AvgIpc) is 3.31. The number of fused-ring (bicyclic) bond motifs is 1. The highest BCUT2D eigenvalue weighted by Crippen LogP contribution is 2.68. The van der Waals surface area contributed by atoms with Gasteiger partial charge in [-0.25, -0.2) is 0 Å². The van der Waals surface area contributed by atoms with Gasteiger partial charge in [0.25, 0.3) is 0 Å². The Morgan fingerprint density at radius 2 is 1.83 bits per heavy atom. The zero-order valence-corrected chi connectivity index (χ0v) is 24.6. The van der Waals surface area contributed by atoms with Gasteiger partial charge in [-0.3, -0.25) is 14.4 Å². The fourth-order valence-electron chi connectivity index (χ4n) is 7.41. The van der Waals surface area contributed by atoms with Crippen molar-refractivity contribution in [2.75, 3.05) is 13.2 Å². The molecule has 36 heavy (non-hydrogen) atoms. The maximum atomic E-state index is 14.2. The Hall–Kier alpha value is -1.28. The van der Waals surface area contributed by atoms with Crippen molar-refractivity contribution < 1.29 is 19.5 Å². The molecule has 3 N–H and O–H groups in total.